The fourth-order valence-electron chi connectivity index (χ4n) is 4.47. The van der Waals surface area contributed by atoms with Crippen LogP contribution in [0, 0.1) is 5.92 Å². The van der Waals surface area contributed by atoms with E-state index in [1.807, 2.05) is 19.5 Å². The number of alkyl halides is 3. The molecule has 1 aliphatic rings. The van der Waals surface area contributed by atoms with Gasteiger partial charge in [-0.1, -0.05) is 31.0 Å². The summed E-state index contributed by atoms with van der Waals surface area (Å²) >= 11 is 1.62. The third-order valence-corrected chi connectivity index (χ3v) is 6.35. The zero-order valence-electron chi connectivity index (χ0n) is 16.1. The van der Waals surface area contributed by atoms with Gasteiger partial charge in [0.2, 0.25) is 0 Å². The molecule has 0 aliphatic heterocycles. The molecule has 2 aromatic rings. The molecule has 3 unspecified atom stereocenters. The van der Waals surface area contributed by atoms with Crippen molar-refractivity contribution in [3.63, 3.8) is 0 Å². The Labute approximate surface area is 174 Å². The molecule has 1 heterocycles. The summed E-state index contributed by atoms with van der Waals surface area (Å²) in [5.41, 5.74) is 0.0404. The Balaban J connectivity index is 0.00000280. The van der Waals surface area contributed by atoms with Crippen LogP contribution in [-0.2, 0) is 12.6 Å². The molecule has 156 valence electrons. The summed E-state index contributed by atoms with van der Waals surface area (Å²) in [7, 11) is 4.00. The van der Waals surface area contributed by atoms with Crippen LogP contribution in [-0.4, -0.2) is 29.7 Å². The Bertz CT molecular complexity index is 750. The second-order valence-corrected chi connectivity index (χ2v) is 8.58. The predicted molar refractivity (Wildman–Crippen MR) is 110 cm³/mol. The quantitative estimate of drug-likeness (QED) is 0.629. The number of thiophene rings is 1. The van der Waals surface area contributed by atoms with Crippen LogP contribution in [0.3, 0.4) is 0 Å². The highest BCUT2D eigenvalue weighted by Crippen LogP contribution is 2.45. The molecule has 1 saturated carbocycles. The van der Waals surface area contributed by atoms with Crippen molar-refractivity contribution >= 4 is 23.7 Å². The molecule has 0 radical (unpaired) electrons. The standard InChI is InChI=1S/C21H26F3NOS.ClH/c1-25(2)19(16-9-11-27-14-16)18-8-3-4-10-20(18,26)13-15-6-5-7-17(12-15)21(22,23)24;/h5-7,9,11-12,14,18-19,26H,3-4,8,10,13H2,1-2H3;1H. The van der Waals surface area contributed by atoms with Gasteiger partial charge in [0.1, 0.15) is 0 Å². The summed E-state index contributed by atoms with van der Waals surface area (Å²) in [6.45, 7) is 0. The smallest absolute Gasteiger partial charge is 0.389 e. The van der Waals surface area contributed by atoms with E-state index in [1.54, 1.807) is 17.4 Å². The summed E-state index contributed by atoms with van der Waals surface area (Å²) in [6.07, 6.45) is -0.708. The minimum absolute atomic E-state index is 0. The Morgan fingerprint density at radius 1 is 1.25 bits per heavy atom. The predicted octanol–water partition coefficient (Wildman–Crippen LogP) is 5.96. The lowest BCUT2D eigenvalue weighted by atomic mass is 9.67. The lowest BCUT2D eigenvalue weighted by molar-refractivity contribution is -0.137. The SMILES string of the molecule is CN(C)C(c1ccsc1)C1CCCCC1(O)Cc1cccc(C(F)(F)F)c1.Cl. The molecule has 0 saturated heterocycles. The van der Waals surface area contributed by atoms with Gasteiger partial charge in [0, 0.05) is 18.4 Å². The number of hydrogen-bond acceptors (Lipinski definition) is 3. The second-order valence-electron chi connectivity index (χ2n) is 7.80. The zero-order valence-corrected chi connectivity index (χ0v) is 17.7. The maximum absolute atomic E-state index is 13.1. The van der Waals surface area contributed by atoms with Crippen LogP contribution in [0.5, 0.6) is 0 Å². The van der Waals surface area contributed by atoms with Crippen LogP contribution >= 0.6 is 23.7 Å². The summed E-state index contributed by atoms with van der Waals surface area (Å²) in [4.78, 5) is 2.12. The summed E-state index contributed by atoms with van der Waals surface area (Å²) in [5.74, 6) is -0.0228. The molecule has 0 bridgehead atoms. The average Bonchev–Trinajstić information content (AvgIpc) is 3.10. The fourth-order valence-corrected chi connectivity index (χ4v) is 5.15. The Kier molecular flexibility index (Phi) is 7.59. The molecule has 0 spiro atoms. The van der Waals surface area contributed by atoms with Gasteiger partial charge < -0.3 is 10.0 Å². The molecule has 0 amide bonds. The van der Waals surface area contributed by atoms with E-state index in [-0.39, 0.29) is 30.8 Å². The lowest BCUT2D eigenvalue weighted by Gasteiger charge is -2.46. The molecule has 1 aromatic heterocycles. The van der Waals surface area contributed by atoms with Crippen LogP contribution in [0.2, 0.25) is 0 Å². The van der Waals surface area contributed by atoms with E-state index in [0.717, 1.165) is 25.3 Å². The van der Waals surface area contributed by atoms with Gasteiger partial charge in [-0.2, -0.15) is 24.5 Å². The van der Waals surface area contributed by atoms with E-state index in [9.17, 15) is 18.3 Å². The molecule has 3 rings (SSSR count). The van der Waals surface area contributed by atoms with Crippen LogP contribution in [0.4, 0.5) is 13.2 Å². The van der Waals surface area contributed by atoms with Crippen molar-refractivity contribution < 1.29 is 18.3 Å². The number of halogens is 4. The minimum Gasteiger partial charge on any atom is -0.389 e. The molecule has 1 aromatic carbocycles. The van der Waals surface area contributed by atoms with Gasteiger partial charge in [0.15, 0.2) is 0 Å². The van der Waals surface area contributed by atoms with Crippen LogP contribution < -0.4 is 0 Å². The number of rotatable bonds is 5. The zero-order chi connectivity index (χ0) is 19.7. The van der Waals surface area contributed by atoms with Crippen LogP contribution in [0.25, 0.3) is 0 Å². The third-order valence-electron chi connectivity index (χ3n) is 5.65. The Morgan fingerprint density at radius 2 is 2.00 bits per heavy atom. The van der Waals surface area contributed by atoms with E-state index in [2.05, 4.69) is 16.3 Å². The molecular weight excluding hydrogens is 407 g/mol. The van der Waals surface area contributed by atoms with Crippen molar-refractivity contribution in [1.82, 2.24) is 4.90 Å². The topological polar surface area (TPSA) is 23.5 Å². The van der Waals surface area contributed by atoms with Gasteiger partial charge in [0.25, 0.3) is 0 Å². The van der Waals surface area contributed by atoms with Gasteiger partial charge in [-0.15, -0.1) is 12.4 Å². The van der Waals surface area contributed by atoms with Gasteiger partial charge in [-0.3, -0.25) is 0 Å². The average molecular weight is 434 g/mol. The first-order valence-corrected chi connectivity index (χ1v) is 10.2. The van der Waals surface area contributed by atoms with E-state index in [0.29, 0.717) is 12.0 Å². The number of nitrogens with zero attached hydrogens (tertiary/aromatic N) is 1. The summed E-state index contributed by atoms with van der Waals surface area (Å²) < 4.78 is 39.2. The molecule has 7 heteroatoms. The molecule has 1 fully saturated rings. The van der Waals surface area contributed by atoms with Crippen LogP contribution in [0.1, 0.15) is 48.4 Å². The highest BCUT2D eigenvalue weighted by atomic mass is 35.5. The largest absolute Gasteiger partial charge is 0.416 e. The number of hydrogen-bond donors (Lipinski definition) is 1. The molecule has 28 heavy (non-hydrogen) atoms. The van der Waals surface area contributed by atoms with Crippen molar-refractivity contribution in [1.29, 1.82) is 0 Å². The lowest BCUT2D eigenvalue weighted by Crippen LogP contribution is -2.48. The van der Waals surface area contributed by atoms with E-state index in [4.69, 9.17) is 0 Å². The highest BCUT2D eigenvalue weighted by Gasteiger charge is 2.44. The monoisotopic (exact) mass is 433 g/mol. The second kappa shape index (κ2) is 9.16. The van der Waals surface area contributed by atoms with Crippen molar-refractivity contribution in [2.24, 2.45) is 5.92 Å². The molecule has 1 N–H and O–H groups in total. The normalized spacial score (nSPS) is 24.0. The van der Waals surface area contributed by atoms with Crippen molar-refractivity contribution in [2.75, 3.05) is 14.1 Å². The fraction of sp³-hybridized carbons (Fsp3) is 0.524. The maximum atomic E-state index is 13.1. The first-order chi connectivity index (χ1) is 12.7. The number of benzene rings is 1. The van der Waals surface area contributed by atoms with Crippen LogP contribution in [0.15, 0.2) is 41.1 Å². The summed E-state index contributed by atoms with van der Waals surface area (Å²) in [5, 5.41) is 15.7. The third kappa shape index (κ3) is 5.09. The first kappa shape index (κ1) is 23.2. The maximum Gasteiger partial charge on any atom is 0.416 e. The van der Waals surface area contributed by atoms with Crippen molar-refractivity contribution in [3.8, 4) is 0 Å². The van der Waals surface area contributed by atoms with Gasteiger partial charge in [-0.05, 0) is 61.0 Å². The Hall–Kier alpha value is -1.08. The van der Waals surface area contributed by atoms with Crippen molar-refractivity contribution in [2.45, 2.75) is 49.9 Å². The number of aliphatic hydroxyl groups is 1. The first-order valence-electron chi connectivity index (χ1n) is 9.28. The minimum atomic E-state index is -4.37. The van der Waals surface area contributed by atoms with E-state index in [1.165, 1.54) is 17.7 Å². The molecule has 2 nitrogen and oxygen atoms in total. The molecular formula is C21H27ClF3NOS. The van der Waals surface area contributed by atoms with Gasteiger partial charge >= 0.3 is 6.18 Å². The van der Waals surface area contributed by atoms with Crippen molar-refractivity contribution in [3.05, 3.63) is 57.8 Å². The van der Waals surface area contributed by atoms with Gasteiger partial charge in [-0.25, -0.2) is 0 Å². The highest BCUT2D eigenvalue weighted by molar-refractivity contribution is 7.07. The van der Waals surface area contributed by atoms with E-state index >= 15 is 0 Å². The molecule has 3 atom stereocenters. The van der Waals surface area contributed by atoms with E-state index < -0.39 is 17.3 Å². The van der Waals surface area contributed by atoms with Gasteiger partial charge in [0.05, 0.1) is 11.2 Å². The Morgan fingerprint density at radius 3 is 2.61 bits per heavy atom. The molecule has 1 aliphatic carbocycles. The summed E-state index contributed by atoms with van der Waals surface area (Å²) in [6, 6.07) is 7.51.